The summed E-state index contributed by atoms with van der Waals surface area (Å²) in [5, 5.41) is 4.62. The molecule has 2 aromatic heterocycles. The van der Waals surface area contributed by atoms with Gasteiger partial charge in [0.25, 0.3) is 0 Å². The Balaban J connectivity index is 1.91. The third kappa shape index (κ3) is 2.18. The van der Waals surface area contributed by atoms with Gasteiger partial charge in [-0.15, -0.1) is 0 Å². The van der Waals surface area contributed by atoms with Crippen molar-refractivity contribution in [2.45, 2.75) is 25.8 Å². The maximum Gasteiger partial charge on any atom is 0.147 e. The second-order valence-corrected chi connectivity index (χ2v) is 5.55. The van der Waals surface area contributed by atoms with Gasteiger partial charge in [0.2, 0.25) is 0 Å². The van der Waals surface area contributed by atoms with Crippen molar-refractivity contribution in [3.8, 4) is 11.1 Å². The van der Waals surface area contributed by atoms with Crippen LogP contribution in [0.4, 0.5) is 10.8 Å². The number of nitrogens with two attached hydrogens (primary N) is 1. The van der Waals surface area contributed by atoms with Crippen molar-refractivity contribution in [2.75, 3.05) is 11.1 Å². The number of nitrogen functional groups attached to an aromatic ring is 1. The van der Waals surface area contributed by atoms with Crippen LogP contribution in [0.5, 0.6) is 0 Å². The molecule has 1 fully saturated rings. The molecular weight excluding hydrogens is 244 g/mol. The number of hydrogen-bond acceptors (Lipinski definition) is 5. The molecule has 0 amide bonds. The van der Waals surface area contributed by atoms with E-state index in [2.05, 4.69) is 21.6 Å². The molecule has 1 atom stereocenters. The quantitative estimate of drug-likeness (QED) is 0.887. The Hall–Kier alpha value is -1.62. The van der Waals surface area contributed by atoms with E-state index in [1.165, 1.54) is 24.4 Å². The first kappa shape index (κ1) is 11.5. The number of nitrogens with zero attached hydrogens (tertiary/aromatic N) is 2. The molecule has 94 valence electrons. The molecule has 0 spiro atoms. The largest absolute Gasteiger partial charge is 0.382 e. The molecule has 0 aliphatic heterocycles. The van der Waals surface area contributed by atoms with Crippen molar-refractivity contribution in [3.63, 3.8) is 0 Å². The van der Waals surface area contributed by atoms with E-state index in [4.69, 9.17) is 5.73 Å². The topological polar surface area (TPSA) is 63.8 Å². The zero-order valence-corrected chi connectivity index (χ0v) is 11.1. The summed E-state index contributed by atoms with van der Waals surface area (Å²) in [6.07, 6.45) is 6.21. The number of rotatable bonds is 4. The van der Waals surface area contributed by atoms with Crippen LogP contribution in [-0.2, 0) is 0 Å². The van der Waals surface area contributed by atoms with E-state index in [-0.39, 0.29) is 0 Å². The maximum atomic E-state index is 5.98. The van der Waals surface area contributed by atoms with Gasteiger partial charge in [-0.2, -0.15) is 4.37 Å². The van der Waals surface area contributed by atoms with Crippen LogP contribution in [0, 0.1) is 5.92 Å². The van der Waals surface area contributed by atoms with E-state index in [1.807, 2.05) is 12.1 Å². The van der Waals surface area contributed by atoms with Crippen LogP contribution < -0.4 is 11.1 Å². The van der Waals surface area contributed by atoms with Crippen LogP contribution in [0.25, 0.3) is 11.1 Å². The van der Waals surface area contributed by atoms with Gasteiger partial charge < -0.3 is 11.1 Å². The maximum absolute atomic E-state index is 5.98. The lowest BCUT2D eigenvalue weighted by Crippen LogP contribution is -2.16. The van der Waals surface area contributed by atoms with Crippen LogP contribution in [-0.4, -0.2) is 15.4 Å². The first-order chi connectivity index (χ1) is 8.75. The van der Waals surface area contributed by atoms with Gasteiger partial charge in [-0.1, -0.05) is 0 Å². The molecule has 3 N–H and O–H groups in total. The lowest BCUT2D eigenvalue weighted by molar-refractivity contribution is 0.696. The number of aromatic nitrogens is 2. The van der Waals surface area contributed by atoms with E-state index in [0.29, 0.717) is 11.9 Å². The standard InChI is InChI=1S/C13H16N4S/c1-8(9-2-3-9)16-13-11(12(14)17-18-13)10-4-6-15-7-5-10/h4-9,16H,2-3H2,1H3,(H2,14,17). The SMILES string of the molecule is CC(Nc1snc(N)c1-c1ccncc1)C1CC1. The highest BCUT2D eigenvalue weighted by Crippen LogP contribution is 2.40. The van der Waals surface area contributed by atoms with Crippen molar-refractivity contribution in [3.05, 3.63) is 24.5 Å². The molecular formula is C13H16N4S. The molecule has 1 aliphatic carbocycles. The summed E-state index contributed by atoms with van der Waals surface area (Å²) >= 11 is 1.44. The van der Waals surface area contributed by atoms with Crippen molar-refractivity contribution in [1.82, 2.24) is 9.36 Å². The smallest absolute Gasteiger partial charge is 0.147 e. The lowest BCUT2D eigenvalue weighted by atomic mass is 10.1. The fourth-order valence-corrected chi connectivity index (χ4v) is 2.95. The first-order valence-electron chi connectivity index (χ1n) is 6.18. The van der Waals surface area contributed by atoms with Crippen LogP contribution in [0.3, 0.4) is 0 Å². The van der Waals surface area contributed by atoms with E-state index < -0.39 is 0 Å². The average Bonchev–Trinajstić information content (AvgIpc) is 3.17. The summed E-state index contributed by atoms with van der Waals surface area (Å²) in [5.41, 5.74) is 8.06. The number of pyridine rings is 1. The van der Waals surface area contributed by atoms with Gasteiger partial charge in [0, 0.05) is 18.4 Å². The molecule has 4 nitrogen and oxygen atoms in total. The molecule has 1 unspecified atom stereocenters. The van der Waals surface area contributed by atoms with E-state index in [0.717, 1.165) is 22.0 Å². The van der Waals surface area contributed by atoms with Crippen molar-refractivity contribution in [2.24, 2.45) is 5.92 Å². The molecule has 0 radical (unpaired) electrons. The minimum absolute atomic E-state index is 0.491. The summed E-state index contributed by atoms with van der Waals surface area (Å²) in [5.74, 6) is 1.40. The fourth-order valence-electron chi connectivity index (χ4n) is 2.12. The van der Waals surface area contributed by atoms with E-state index >= 15 is 0 Å². The Morgan fingerprint density at radius 1 is 1.39 bits per heavy atom. The summed E-state index contributed by atoms with van der Waals surface area (Å²) < 4.78 is 4.26. The van der Waals surface area contributed by atoms with Gasteiger partial charge in [0.1, 0.15) is 10.8 Å². The van der Waals surface area contributed by atoms with Crippen LogP contribution in [0.1, 0.15) is 19.8 Å². The summed E-state index contributed by atoms with van der Waals surface area (Å²) in [4.78, 5) is 4.04. The van der Waals surface area contributed by atoms with Crippen LogP contribution in [0.15, 0.2) is 24.5 Å². The molecule has 1 aliphatic rings. The highest BCUT2D eigenvalue weighted by atomic mass is 32.1. The minimum Gasteiger partial charge on any atom is -0.382 e. The van der Waals surface area contributed by atoms with Crippen LogP contribution in [0.2, 0.25) is 0 Å². The van der Waals surface area contributed by atoms with Gasteiger partial charge in [-0.05, 0) is 54.9 Å². The highest BCUT2D eigenvalue weighted by molar-refractivity contribution is 7.11. The molecule has 2 aromatic rings. The third-order valence-corrected chi connectivity index (χ3v) is 4.17. The van der Waals surface area contributed by atoms with Gasteiger partial charge >= 0.3 is 0 Å². The minimum atomic E-state index is 0.491. The van der Waals surface area contributed by atoms with E-state index in [9.17, 15) is 0 Å². The lowest BCUT2D eigenvalue weighted by Gasteiger charge is -2.13. The monoisotopic (exact) mass is 260 g/mol. The van der Waals surface area contributed by atoms with Gasteiger partial charge in [-0.25, -0.2) is 0 Å². The fraction of sp³-hybridized carbons (Fsp3) is 0.385. The predicted octanol–water partition coefficient (Wildman–Crippen LogP) is 3.00. The summed E-state index contributed by atoms with van der Waals surface area (Å²) in [6, 6.07) is 4.42. The molecule has 0 aromatic carbocycles. The molecule has 3 rings (SSSR count). The zero-order chi connectivity index (χ0) is 12.5. The van der Waals surface area contributed by atoms with Gasteiger partial charge in [0.05, 0.1) is 5.56 Å². The highest BCUT2D eigenvalue weighted by Gasteiger charge is 2.29. The first-order valence-corrected chi connectivity index (χ1v) is 6.95. The number of nitrogens with one attached hydrogen (secondary N) is 1. The number of hydrogen-bond donors (Lipinski definition) is 2. The van der Waals surface area contributed by atoms with E-state index in [1.54, 1.807) is 12.4 Å². The summed E-state index contributed by atoms with van der Waals surface area (Å²) in [6.45, 7) is 2.23. The Labute approximate surface area is 110 Å². The number of anilines is 2. The van der Waals surface area contributed by atoms with Crippen molar-refractivity contribution >= 4 is 22.4 Å². The van der Waals surface area contributed by atoms with Gasteiger partial charge in [0.15, 0.2) is 0 Å². The predicted molar refractivity (Wildman–Crippen MR) is 75.6 cm³/mol. The van der Waals surface area contributed by atoms with Gasteiger partial charge in [-0.3, -0.25) is 4.98 Å². The zero-order valence-electron chi connectivity index (χ0n) is 10.3. The molecule has 18 heavy (non-hydrogen) atoms. The normalized spacial score (nSPS) is 16.5. The van der Waals surface area contributed by atoms with Crippen molar-refractivity contribution in [1.29, 1.82) is 0 Å². The molecule has 5 heteroatoms. The van der Waals surface area contributed by atoms with Crippen molar-refractivity contribution < 1.29 is 0 Å². The Bertz CT molecular complexity index is 533. The summed E-state index contributed by atoms with van der Waals surface area (Å²) in [7, 11) is 0. The molecule has 1 saturated carbocycles. The average molecular weight is 260 g/mol. The Morgan fingerprint density at radius 2 is 2.11 bits per heavy atom. The third-order valence-electron chi connectivity index (χ3n) is 3.38. The molecule has 2 heterocycles. The molecule has 0 bridgehead atoms. The molecule has 0 saturated heterocycles. The Morgan fingerprint density at radius 3 is 2.78 bits per heavy atom. The second kappa shape index (κ2) is 4.57. The Kier molecular flexibility index (Phi) is 2.91. The van der Waals surface area contributed by atoms with Crippen LogP contribution >= 0.6 is 11.5 Å². The second-order valence-electron chi connectivity index (χ2n) is 4.78.